The van der Waals surface area contributed by atoms with Gasteiger partial charge in [-0.1, -0.05) is 52.5 Å². The summed E-state index contributed by atoms with van der Waals surface area (Å²) < 4.78 is -0.802. The van der Waals surface area contributed by atoms with Crippen molar-refractivity contribution in [2.45, 2.75) is 9.96 Å². The molecule has 2 N–H and O–H groups in total. The lowest BCUT2D eigenvalue weighted by Crippen LogP contribution is -2.49. The van der Waals surface area contributed by atoms with E-state index in [1.807, 2.05) is 6.07 Å². The Bertz CT molecular complexity index is 689. The fourth-order valence-corrected chi connectivity index (χ4v) is 2.75. The fourth-order valence-electron chi connectivity index (χ4n) is 1.76. The summed E-state index contributed by atoms with van der Waals surface area (Å²) >= 11 is 25.9. The molecule has 122 valence electrons. The number of halogens is 5. The first-order valence-corrected chi connectivity index (χ1v) is 9.00. The second-order valence-electron chi connectivity index (χ2n) is 4.61. The van der Waals surface area contributed by atoms with Crippen LogP contribution in [0.4, 0.5) is 5.69 Å². The molecule has 1 atom stereocenters. The molecule has 0 saturated heterocycles. The van der Waals surface area contributed by atoms with Crippen molar-refractivity contribution in [3.63, 3.8) is 0 Å². The van der Waals surface area contributed by atoms with Crippen molar-refractivity contribution in [3.8, 4) is 0 Å². The van der Waals surface area contributed by atoms with E-state index in [2.05, 4.69) is 33.2 Å². The zero-order valence-corrected chi connectivity index (χ0v) is 16.7. The third-order valence-corrected chi connectivity index (χ3v) is 4.42. The zero-order valence-electron chi connectivity index (χ0n) is 11.5. The van der Waals surface area contributed by atoms with Crippen molar-refractivity contribution in [2.75, 3.05) is 5.32 Å². The van der Waals surface area contributed by atoms with E-state index in [1.165, 1.54) is 0 Å². The van der Waals surface area contributed by atoms with Gasteiger partial charge in [-0.3, -0.25) is 4.79 Å². The van der Waals surface area contributed by atoms with Gasteiger partial charge in [-0.05, 0) is 65.1 Å². The summed E-state index contributed by atoms with van der Waals surface area (Å²) in [4.78, 5) is 12.3. The van der Waals surface area contributed by atoms with Crippen LogP contribution in [-0.4, -0.2) is 15.9 Å². The summed E-state index contributed by atoms with van der Waals surface area (Å²) in [5.74, 6) is -0.346. The van der Waals surface area contributed by atoms with Crippen LogP contribution in [0, 0.1) is 3.57 Å². The Morgan fingerprint density at radius 3 is 2.30 bits per heavy atom. The van der Waals surface area contributed by atoms with Gasteiger partial charge in [-0.15, -0.1) is 0 Å². The molecule has 0 aliphatic carbocycles. The summed E-state index contributed by atoms with van der Waals surface area (Å²) in [5, 5.41) is 6.24. The molecule has 0 saturated carbocycles. The first kappa shape index (κ1) is 18.9. The van der Waals surface area contributed by atoms with Crippen LogP contribution in [-0.2, 0) is 0 Å². The molecule has 1 amide bonds. The molecular formula is C15H11Cl4IN2O. The maximum Gasteiger partial charge on any atom is 0.253 e. The van der Waals surface area contributed by atoms with Crippen molar-refractivity contribution < 1.29 is 4.79 Å². The molecule has 0 bridgehead atoms. The van der Waals surface area contributed by atoms with Gasteiger partial charge in [0.15, 0.2) is 0 Å². The number of rotatable bonds is 4. The van der Waals surface area contributed by atoms with Gasteiger partial charge in [-0.2, -0.15) is 0 Å². The zero-order chi connectivity index (χ0) is 17.0. The molecule has 2 aromatic rings. The van der Waals surface area contributed by atoms with E-state index >= 15 is 0 Å². The smallest absolute Gasteiger partial charge is 0.253 e. The van der Waals surface area contributed by atoms with E-state index < -0.39 is 9.96 Å². The summed E-state index contributed by atoms with van der Waals surface area (Å²) in [5.41, 5.74) is 1.14. The molecule has 0 aliphatic heterocycles. The second-order valence-corrected chi connectivity index (χ2v) is 8.66. The van der Waals surface area contributed by atoms with E-state index in [0.29, 0.717) is 16.3 Å². The van der Waals surface area contributed by atoms with E-state index in [-0.39, 0.29) is 5.91 Å². The van der Waals surface area contributed by atoms with Gasteiger partial charge in [0, 0.05) is 19.8 Å². The quantitative estimate of drug-likeness (QED) is 0.329. The lowest BCUT2D eigenvalue weighted by atomic mass is 10.2. The first-order chi connectivity index (χ1) is 10.8. The summed E-state index contributed by atoms with van der Waals surface area (Å²) in [6, 6.07) is 13.9. The molecule has 1 unspecified atom stereocenters. The molecule has 0 spiro atoms. The Labute approximate surface area is 167 Å². The maximum atomic E-state index is 12.3. The molecule has 0 radical (unpaired) electrons. The summed E-state index contributed by atoms with van der Waals surface area (Å²) in [7, 11) is 0. The minimum absolute atomic E-state index is 0.346. The molecule has 0 fully saturated rings. The van der Waals surface area contributed by atoms with Crippen molar-refractivity contribution in [1.82, 2.24) is 5.32 Å². The number of hydrogen-bond acceptors (Lipinski definition) is 2. The van der Waals surface area contributed by atoms with Gasteiger partial charge < -0.3 is 10.6 Å². The number of anilines is 1. The highest BCUT2D eigenvalue weighted by Crippen LogP contribution is 2.31. The monoisotopic (exact) mass is 502 g/mol. The maximum absolute atomic E-state index is 12.3. The molecular weight excluding hydrogens is 493 g/mol. The van der Waals surface area contributed by atoms with Crippen LogP contribution < -0.4 is 10.6 Å². The molecule has 0 aliphatic rings. The Balaban J connectivity index is 2.16. The van der Waals surface area contributed by atoms with Crippen molar-refractivity contribution in [1.29, 1.82) is 0 Å². The molecule has 23 heavy (non-hydrogen) atoms. The average molecular weight is 504 g/mol. The SMILES string of the molecule is O=C(NC(Nc1ccc(Cl)cc1)C(Cl)(Cl)Cl)c1cccc(I)c1. The van der Waals surface area contributed by atoms with Gasteiger partial charge in [0.25, 0.3) is 5.91 Å². The molecule has 2 rings (SSSR count). The standard InChI is InChI=1S/C15H11Cl4IN2O/c16-10-4-6-12(7-5-10)21-14(15(17,18)19)22-13(23)9-2-1-3-11(20)8-9/h1-8,14,21H,(H,22,23). The van der Waals surface area contributed by atoms with Crippen LogP contribution in [0.3, 0.4) is 0 Å². The normalized spacial score (nSPS) is 12.6. The van der Waals surface area contributed by atoms with Crippen molar-refractivity contribution in [2.24, 2.45) is 0 Å². The molecule has 0 aromatic heterocycles. The van der Waals surface area contributed by atoms with E-state index in [4.69, 9.17) is 46.4 Å². The summed E-state index contributed by atoms with van der Waals surface area (Å²) in [6.45, 7) is 0. The number of nitrogens with one attached hydrogen (secondary N) is 2. The van der Waals surface area contributed by atoms with Gasteiger partial charge in [0.05, 0.1) is 0 Å². The van der Waals surface area contributed by atoms with Crippen LogP contribution in [0.5, 0.6) is 0 Å². The molecule has 3 nitrogen and oxygen atoms in total. The minimum atomic E-state index is -1.74. The van der Waals surface area contributed by atoms with Gasteiger partial charge >= 0.3 is 0 Å². The Morgan fingerprint density at radius 1 is 1.09 bits per heavy atom. The average Bonchev–Trinajstić information content (AvgIpc) is 2.47. The van der Waals surface area contributed by atoms with Crippen LogP contribution in [0.15, 0.2) is 48.5 Å². The largest absolute Gasteiger partial charge is 0.362 e. The van der Waals surface area contributed by atoms with Crippen LogP contribution in [0.1, 0.15) is 10.4 Å². The molecule has 0 heterocycles. The van der Waals surface area contributed by atoms with Crippen molar-refractivity contribution >= 4 is 80.6 Å². The summed E-state index contributed by atoms with van der Waals surface area (Å²) in [6.07, 6.45) is -0.918. The highest BCUT2D eigenvalue weighted by Gasteiger charge is 2.34. The predicted octanol–water partition coefficient (Wildman–Crippen LogP) is 5.48. The molecule has 8 heteroatoms. The third kappa shape index (κ3) is 5.87. The Kier molecular flexibility index (Phi) is 6.68. The number of benzene rings is 2. The second kappa shape index (κ2) is 8.12. The Morgan fingerprint density at radius 2 is 1.74 bits per heavy atom. The van der Waals surface area contributed by atoms with Gasteiger partial charge in [-0.25, -0.2) is 0 Å². The fraction of sp³-hybridized carbons (Fsp3) is 0.133. The number of carbonyl (C=O) groups excluding carboxylic acids is 1. The topological polar surface area (TPSA) is 41.1 Å². The van der Waals surface area contributed by atoms with Gasteiger partial charge in [0.2, 0.25) is 3.79 Å². The lowest BCUT2D eigenvalue weighted by molar-refractivity contribution is 0.0942. The van der Waals surface area contributed by atoms with E-state index in [0.717, 1.165) is 3.57 Å². The third-order valence-electron chi connectivity index (χ3n) is 2.84. The minimum Gasteiger partial charge on any atom is -0.362 e. The van der Waals surface area contributed by atoms with E-state index in [1.54, 1.807) is 42.5 Å². The first-order valence-electron chi connectivity index (χ1n) is 6.41. The number of hydrogen-bond donors (Lipinski definition) is 2. The van der Waals surface area contributed by atoms with Crippen LogP contribution >= 0.6 is 69.0 Å². The van der Waals surface area contributed by atoms with Crippen LogP contribution in [0.2, 0.25) is 5.02 Å². The van der Waals surface area contributed by atoms with Crippen LogP contribution in [0.25, 0.3) is 0 Å². The number of alkyl halides is 3. The predicted molar refractivity (Wildman–Crippen MR) is 106 cm³/mol. The van der Waals surface area contributed by atoms with Gasteiger partial charge in [0.1, 0.15) is 6.17 Å². The molecule has 2 aromatic carbocycles. The Hall–Kier alpha value is -0.400. The lowest BCUT2D eigenvalue weighted by Gasteiger charge is -2.27. The van der Waals surface area contributed by atoms with Crippen molar-refractivity contribution in [3.05, 3.63) is 62.7 Å². The highest BCUT2D eigenvalue weighted by atomic mass is 127. The van der Waals surface area contributed by atoms with E-state index in [9.17, 15) is 4.79 Å². The number of carbonyl (C=O) groups is 1. The number of amides is 1. The highest BCUT2D eigenvalue weighted by molar-refractivity contribution is 14.1.